The minimum atomic E-state index is -0.428. The molecular weight excluding hydrogens is 266 g/mol. The Morgan fingerprint density at radius 1 is 1.42 bits per heavy atom. The van der Waals surface area contributed by atoms with E-state index in [2.05, 4.69) is 0 Å². The standard InChI is InChI=1S/C14H14ClNO3/c1-10(19-9-17)16-7-6-13(18)8-14(16)11-2-4-12(15)5-3-11/h2-7,9-10,14H,8H2,1H3. The predicted molar refractivity (Wildman–Crippen MR) is 71.4 cm³/mol. The predicted octanol–water partition coefficient (Wildman–Crippen LogP) is 2.69. The number of ether oxygens (including phenoxy) is 1. The minimum Gasteiger partial charge on any atom is -0.444 e. The van der Waals surface area contributed by atoms with Crippen molar-refractivity contribution in [2.75, 3.05) is 0 Å². The molecule has 1 aromatic rings. The quantitative estimate of drug-likeness (QED) is 0.795. The average molecular weight is 280 g/mol. The fourth-order valence-corrected chi connectivity index (χ4v) is 2.26. The number of benzene rings is 1. The van der Waals surface area contributed by atoms with Gasteiger partial charge < -0.3 is 9.64 Å². The van der Waals surface area contributed by atoms with Crippen molar-refractivity contribution in [1.82, 2.24) is 4.90 Å². The molecule has 2 rings (SSSR count). The lowest BCUT2D eigenvalue weighted by molar-refractivity contribution is -0.141. The highest BCUT2D eigenvalue weighted by atomic mass is 35.5. The maximum absolute atomic E-state index is 11.6. The van der Waals surface area contributed by atoms with Gasteiger partial charge >= 0.3 is 0 Å². The second kappa shape index (κ2) is 5.89. The Balaban J connectivity index is 2.28. The normalized spacial score (nSPS) is 20.2. The van der Waals surface area contributed by atoms with Crippen LogP contribution in [0.15, 0.2) is 36.5 Å². The molecule has 1 aliphatic rings. The number of hydrogen-bond acceptors (Lipinski definition) is 4. The van der Waals surface area contributed by atoms with Crippen molar-refractivity contribution in [2.45, 2.75) is 25.6 Å². The zero-order chi connectivity index (χ0) is 13.8. The maximum atomic E-state index is 11.6. The molecular formula is C14H14ClNO3. The molecule has 2 unspecified atom stereocenters. The van der Waals surface area contributed by atoms with E-state index >= 15 is 0 Å². The van der Waals surface area contributed by atoms with E-state index in [4.69, 9.17) is 16.3 Å². The maximum Gasteiger partial charge on any atom is 0.294 e. The van der Waals surface area contributed by atoms with E-state index in [0.717, 1.165) is 5.56 Å². The molecule has 0 spiro atoms. The minimum absolute atomic E-state index is 0.0505. The molecule has 0 fully saturated rings. The third kappa shape index (κ3) is 3.15. The Hall–Kier alpha value is -1.81. The second-order valence-electron chi connectivity index (χ2n) is 4.33. The van der Waals surface area contributed by atoms with E-state index in [9.17, 15) is 9.59 Å². The Kier molecular flexibility index (Phi) is 4.22. The van der Waals surface area contributed by atoms with E-state index < -0.39 is 6.23 Å². The Morgan fingerprint density at radius 2 is 2.11 bits per heavy atom. The fourth-order valence-electron chi connectivity index (χ4n) is 2.14. The van der Waals surface area contributed by atoms with Crippen LogP contribution in [0.5, 0.6) is 0 Å². The van der Waals surface area contributed by atoms with E-state index in [0.29, 0.717) is 17.9 Å². The summed E-state index contributed by atoms with van der Waals surface area (Å²) in [6.07, 6.45) is 3.09. The van der Waals surface area contributed by atoms with Crippen LogP contribution in [0.3, 0.4) is 0 Å². The summed E-state index contributed by atoms with van der Waals surface area (Å²) in [4.78, 5) is 23.9. The molecule has 1 heterocycles. The summed E-state index contributed by atoms with van der Waals surface area (Å²) in [7, 11) is 0. The van der Waals surface area contributed by atoms with E-state index in [1.165, 1.54) is 6.08 Å². The summed E-state index contributed by atoms with van der Waals surface area (Å²) in [6, 6.07) is 7.16. The number of rotatable bonds is 4. The molecule has 1 aromatic carbocycles. The topological polar surface area (TPSA) is 46.6 Å². The monoisotopic (exact) mass is 279 g/mol. The Bertz CT molecular complexity index is 498. The number of nitrogens with zero attached hydrogens (tertiary/aromatic N) is 1. The molecule has 0 aliphatic carbocycles. The van der Waals surface area contributed by atoms with Crippen molar-refractivity contribution in [2.24, 2.45) is 0 Å². The van der Waals surface area contributed by atoms with Crippen molar-refractivity contribution in [3.63, 3.8) is 0 Å². The Labute approximate surface area is 116 Å². The molecule has 0 saturated carbocycles. The first kappa shape index (κ1) is 13.6. The molecule has 0 radical (unpaired) electrons. The molecule has 4 nitrogen and oxygen atoms in total. The number of ketones is 1. The van der Waals surface area contributed by atoms with Gasteiger partial charge in [0.05, 0.1) is 6.04 Å². The highest BCUT2D eigenvalue weighted by molar-refractivity contribution is 6.30. The van der Waals surface area contributed by atoms with Crippen LogP contribution in [0.1, 0.15) is 24.9 Å². The van der Waals surface area contributed by atoms with Gasteiger partial charge in [-0.05, 0) is 30.7 Å². The van der Waals surface area contributed by atoms with Crippen LogP contribution < -0.4 is 0 Å². The molecule has 19 heavy (non-hydrogen) atoms. The van der Waals surface area contributed by atoms with Crippen LogP contribution in [0, 0.1) is 0 Å². The summed E-state index contributed by atoms with van der Waals surface area (Å²) in [6.45, 7) is 2.17. The summed E-state index contributed by atoms with van der Waals surface area (Å²) >= 11 is 5.86. The van der Waals surface area contributed by atoms with Gasteiger partial charge in [-0.25, -0.2) is 0 Å². The van der Waals surface area contributed by atoms with Crippen molar-refractivity contribution < 1.29 is 14.3 Å². The molecule has 0 bridgehead atoms. The molecule has 0 saturated heterocycles. The highest BCUT2D eigenvalue weighted by Crippen LogP contribution is 2.31. The molecule has 100 valence electrons. The van der Waals surface area contributed by atoms with Crippen LogP contribution in [0.25, 0.3) is 0 Å². The fraction of sp³-hybridized carbons (Fsp3) is 0.286. The van der Waals surface area contributed by atoms with Gasteiger partial charge in [0.25, 0.3) is 6.47 Å². The zero-order valence-electron chi connectivity index (χ0n) is 10.5. The van der Waals surface area contributed by atoms with Gasteiger partial charge in [0.15, 0.2) is 12.0 Å². The second-order valence-corrected chi connectivity index (χ2v) is 4.77. The lowest BCUT2D eigenvalue weighted by Crippen LogP contribution is -2.37. The van der Waals surface area contributed by atoms with Gasteiger partial charge in [0.2, 0.25) is 0 Å². The Morgan fingerprint density at radius 3 is 2.74 bits per heavy atom. The summed E-state index contributed by atoms with van der Waals surface area (Å²) in [5.74, 6) is 0.0505. The highest BCUT2D eigenvalue weighted by Gasteiger charge is 2.28. The van der Waals surface area contributed by atoms with E-state index in [1.54, 1.807) is 25.3 Å². The number of hydrogen-bond donors (Lipinski definition) is 0. The van der Waals surface area contributed by atoms with Crippen LogP contribution >= 0.6 is 11.6 Å². The summed E-state index contributed by atoms with van der Waals surface area (Å²) in [5.41, 5.74) is 0.962. The number of halogens is 1. The summed E-state index contributed by atoms with van der Waals surface area (Å²) in [5, 5.41) is 0.644. The first-order chi connectivity index (χ1) is 9.11. The zero-order valence-corrected chi connectivity index (χ0v) is 11.2. The average Bonchev–Trinajstić information content (AvgIpc) is 2.39. The SMILES string of the molecule is CC(OC=O)N1C=CC(=O)CC1c1ccc(Cl)cc1. The van der Waals surface area contributed by atoms with Crippen molar-refractivity contribution >= 4 is 23.9 Å². The third-order valence-corrected chi connectivity index (χ3v) is 3.37. The van der Waals surface area contributed by atoms with Crippen molar-refractivity contribution in [3.05, 3.63) is 47.1 Å². The molecule has 0 amide bonds. The molecule has 2 atom stereocenters. The number of carbonyl (C=O) groups excluding carboxylic acids is 2. The lowest BCUT2D eigenvalue weighted by Gasteiger charge is -2.36. The van der Waals surface area contributed by atoms with Gasteiger partial charge in [-0.1, -0.05) is 23.7 Å². The van der Waals surface area contributed by atoms with Crippen LogP contribution in [0.2, 0.25) is 5.02 Å². The first-order valence-electron chi connectivity index (χ1n) is 5.95. The van der Waals surface area contributed by atoms with Crippen LogP contribution in [0.4, 0.5) is 0 Å². The molecule has 1 aliphatic heterocycles. The van der Waals surface area contributed by atoms with E-state index in [-0.39, 0.29) is 11.8 Å². The molecule has 5 heteroatoms. The van der Waals surface area contributed by atoms with Gasteiger partial charge in [-0.15, -0.1) is 0 Å². The lowest BCUT2D eigenvalue weighted by atomic mass is 9.97. The summed E-state index contributed by atoms with van der Waals surface area (Å²) < 4.78 is 4.95. The first-order valence-corrected chi connectivity index (χ1v) is 6.32. The van der Waals surface area contributed by atoms with Crippen LogP contribution in [-0.2, 0) is 14.3 Å². The number of allylic oxidation sites excluding steroid dienone is 1. The van der Waals surface area contributed by atoms with Gasteiger partial charge in [-0.3, -0.25) is 9.59 Å². The van der Waals surface area contributed by atoms with Crippen LogP contribution in [-0.4, -0.2) is 23.4 Å². The van der Waals surface area contributed by atoms with Crippen molar-refractivity contribution in [1.29, 1.82) is 0 Å². The van der Waals surface area contributed by atoms with Gasteiger partial charge in [-0.2, -0.15) is 0 Å². The third-order valence-electron chi connectivity index (χ3n) is 3.11. The van der Waals surface area contributed by atoms with Crippen molar-refractivity contribution in [3.8, 4) is 0 Å². The van der Waals surface area contributed by atoms with E-state index in [1.807, 2.05) is 17.0 Å². The van der Waals surface area contributed by atoms with Gasteiger partial charge in [0, 0.05) is 17.6 Å². The smallest absolute Gasteiger partial charge is 0.294 e. The van der Waals surface area contributed by atoms with Gasteiger partial charge in [0.1, 0.15) is 0 Å². The number of carbonyl (C=O) groups is 2. The molecule has 0 aromatic heterocycles. The largest absolute Gasteiger partial charge is 0.444 e. The molecule has 0 N–H and O–H groups in total.